The highest BCUT2D eigenvalue weighted by Crippen LogP contribution is 2.37. The van der Waals surface area contributed by atoms with Crippen molar-refractivity contribution in [2.45, 2.75) is 26.4 Å². The molecule has 0 saturated carbocycles. The summed E-state index contributed by atoms with van der Waals surface area (Å²) < 4.78 is 36.2. The van der Waals surface area contributed by atoms with Crippen LogP contribution in [0.4, 0.5) is 30.8 Å². The Morgan fingerprint density at radius 3 is 2.44 bits per heavy atom. The van der Waals surface area contributed by atoms with Gasteiger partial charge >= 0.3 is 6.09 Å². The van der Waals surface area contributed by atoms with Crippen LogP contribution in [0.15, 0.2) is 47.6 Å². The second-order valence-corrected chi connectivity index (χ2v) is 9.97. The molecule has 1 aromatic heterocycles. The van der Waals surface area contributed by atoms with Crippen LogP contribution in [-0.2, 0) is 4.74 Å². The molecule has 0 bridgehead atoms. The molecule has 0 aliphatic carbocycles. The van der Waals surface area contributed by atoms with E-state index >= 15 is 0 Å². The van der Waals surface area contributed by atoms with Crippen LogP contribution in [0.1, 0.15) is 26.3 Å². The number of hydrogen-bond acceptors (Lipinski definition) is 6. The number of hydrogen-bond donors (Lipinski definition) is 1. The van der Waals surface area contributed by atoms with Crippen molar-refractivity contribution in [3.63, 3.8) is 0 Å². The zero-order valence-electron chi connectivity index (χ0n) is 20.1. The highest BCUT2D eigenvalue weighted by atomic mass is 35.5. The molecular weight excluding hydrogens is 490 g/mol. The van der Waals surface area contributed by atoms with E-state index in [4.69, 9.17) is 16.3 Å². The van der Waals surface area contributed by atoms with E-state index in [-0.39, 0.29) is 28.3 Å². The van der Waals surface area contributed by atoms with Crippen LogP contribution in [0, 0.1) is 11.6 Å². The van der Waals surface area contributed by atoms with Crippen LogP contribution < -0.4 is 10.2 Å². The Labute approximate surface area is 212 Å². The summed E-state index contributed by atoms with van der Waals surface area (Å²) in [7, 11) is 0. The van der Waals surface area contributed by atoms with Gasteiger partial charge in [0.15, 0.2) is 5.82 Å². The van der Waals surface area contributed by atoms with E-state index in [0.717, 1.165) is 5.69 Å². The Balaban J connectivity index is 1.44. The Morgan fingerprint density at radius 1 is 1.08 bits per heavy atom. The predicted octanol–water partition coefficient (Wildman–Crippen LogP) is 5.36. The number of amidine groups is 1. The summed E-state index contributed by atoms with van der Waals surface area (Å²) in [4.78, 5) is 20.7. The van der Waals surface area contributed by atoms with Gasteiger partial charge in [-0.3, -0.25) is 0 Å². The topological polar surface area (TPSA) is 75.0 Å². The first kappa shape index (κ1) is 24.1. The number of halogens is 3. The molecule has 11 heteroatoms. The van der Waals surface area contributed by atoms with Crippen molar-refractivity contribution in [3.05, 3.63) is 64.8 Å². The number of aliphatic imine (C=N–C) groups is 1. The molecule has 1 N–H and O–H groups in total. The zero-order valence-corrected chi connectivity index (χ0v) is 20.8. The van der Waals surface area contributed by atoms with E-state index in [0.29, 0.717) is 37.6 Å². The van der Waals surface area contributed by atoms with Crippen molar-refractivity contribution >= 4 is 40.7 Å². The summed E-state index contributed by atoms with van der Waals surface area (Å²) in [6.45, 7) is 7.79. The molecule has 0 unspecified atom stereocenters. The molecular formula is C25H25ClF2N6O2. The minimum absolute atomic E-state index is 0.00766. The largest absolute Gasteiger partial charge is 0.444 e. The number of aromatic nitrogens is 2. The number of benzene rings is 2. The average molecular weight is 515 g/mol. The maximum absolute atomic E-state index is 14.6. The van der Waals surface area contributed by atoms with Gasteiger partial charge in [-0.1, -0.05) is 17.7 Å². The fraction of sp³-hybridized carbons (Fsp3) is 0.320. The minimum Gasteiger partial charge on any atom is -0.444 e. The van der Waals surface area contributed by atoms with E-state index in [1.165, 1.54) is 29.1 Å². The number of rotatable bonds is 2. The summed E-state index contributed by atoms with van der Waals surface area (Å²) in [6.07, 6.45) is 1.12. The quantitative estimate of drug-likeness (QED) is 0.498. The van der Waals surface area contributed by atoms with Gasteiger partial charge in [-0.15, -0.1) is 0 Å². The van der Waals surface area contributed by atoms with Crippen molar-refractivity contribution in [2.75, 3.05) is 36.4 Å². The van der Waals surface area contributed by atoms with Crippen LogP contribution >= 0.6 is 11.6 Å². The monoisotopic (exact) mass is 514 g/mol. The van der Waals surface area contributed by atoms with Crippen LogP contribution in [0.3, 0.4) is 0 Å². The molecule has 8 nitrogen and oxygen atoms in total. The maximum atomic E-state index is 14.6. The van der Waals surface area contributed by atoms with Gasteiger partial charge in [0.2, 0.25) is 0 Å². The van der Waals surface area contributed by atoms with Crippen molar-refractivity contribution in [2.24, 2.45) is 4.99 Å². The van der Waals surface area contributed by atoms with Crippen LogP contribution in [0.2, 0.25) is 5.02 Å². The van der Waals surface area contributed by atoms with Crippen molar-refractivity contribution in [3.8, 4) is 5.69 Å². The molecule has 2 aromatic carbocycles. The number of anilines is 2. The number of nitrogens with one attached hydrogen (secondary N) is 1. The Bertz CT molecular complexity index is 1340. The summed E-state index contributed by atoms with van der Waals surface area (Å²) in [5, 5.41) is 7.65. The van der Waals surface area contributed by atoms with Gasteiger partial charge in [0.05, 0.1) is 23.1 Å². The van der Waals surface area contributed by atoms with Crippen LogP contribution in [0.25, 0.3) is 5.69 Å². The third kappa shape index (κ3) is 4.60. The van der Waals surface area contributed by atoms with E-state index in [1.54, 1.807) is 4.90 Å². The summed E-state index contributed by atoms with van der Waals surface area (Å²) in [5.74, 6) is -1.24. The molecule has 1 fully saturated rings. The minimum atomic E-state index is -0.744. The highest BCUT2D eigenvalue weighted by Gasteiger charge is 2.28. The lowest BCUT2D eigenvalue weighted by Gasteiger charge is -2.37. The summed E-state index contributed by atoms with van der Waals surface area (Å²) >= 11 is 6.34. The predicted molar refractivity (Wildman–Crippen MR) is 135 cm³/mol. The van der Waals surface area contributed by atoms with Crippen molar-refractivity contribution in [1.82, 2.24) is 14.7 Å². The smallest absolute Gasteiger partial charge is 0.410 e. The molecule has 0 spiro atoms. The fourth-order valence-electron chi connectivity index (χ4n) is 4.17. The molecule has 188 valence electrons. The zero-order chi connectivity index (χ0) is 25.6. The highest BCUT2D eigenvalue weighted by molar-refractivity contribution is 6.33. The molecule has 1 saturated heterocycles. The van der Waals surface area contributed by atoms with Crippen molar-refractivity contribution < 1.29 is 18.3 Å². The van der Waals surface area contributed by atoms with E-state index < -0.39 is 17.2 Å². The average Bonchev–Trinajstić information content (AvgIpc) is 3.09. The number of piperazine rings is 1. The molecule has 0 atom stereocenters. The molecule has 2 aliphatic heterocycles. The number of ether oxygens (including phenoxy) is 1. The Hall–Kier alpha value is -3.66. The molecule has 2 aliphatic rings. The first-order chi connectivity index (χ1) is 17.1. The Morgan fingerprint density at radius 2 is 1.78 bits per heavy atom. The summed E-state index contributed by atoms with van der Waals surface area (Å²) in [6, 6.07) is 9.27. The molecule has 0 radical (unpaired) electrons. The molecule has 5 rings (SSSR count). The number of carbonyl (C=O) groups is 1. The summed E-state index contributed by atoms with van der Waals surface area (Å²) in [5.41, 5.74) is 1.26. The van der Waals surface area contributed by atoms with Gasteiger partial charge in [-0.2, -0.15) is 5.10 Å². The lowest BCUT2D eigenvalue weighted by Crippen LogP contribution is -2.50. The Kier molecular flexibility index (Phi) is 6.07. The van der Waals surface area contributed by atoms with Crippen molar-refractivity contribution in [1.29, 1.82) is 0 Å². The van der Waals surface area contributed by atoms with Gasteiger partial charge in [-0.05, 0) is 51.1 Å². The number of carbonyl (C=O) groups excluding carboxylic acids is 1. The standard InChI is InChI=1S/C25H25ClF2N6O2/c1-25(2,3)36-24(35)33-11-9-32(10-12-33)15-7-8-19-20(13-15)34-23(16(26)14-29-34)31-22(30-19)21-17(27)5-4-6-18(21)28/h4-8,13-14H,9-12H2,1-3H3,(H,30,31). The van der Waals surface area contributed by atoms with Gasteiger partial charge < -0.3 is 19.9 Å². The normalized spacial score (nSPS) is 15.4. The number of nitrogens with zero attached hydrogens (tertiary/aromatic N) is 5. The second kappa shape index (κ2) is 9.09. The van der Waals surface area contributed by atoms with E-state index in [1.807, 2.05) is 39.0 Å². The number of amides is 1. The SMILES string of the molecule is CC(C)(C)OC(=O)N1CCN(c2ccc3c(c2)-n2ncc(Cl)c2N=C(c2c(F)cccc2F)N3)CC1. The van der Waals surface area contributed by atoms with Gasteiger partial charge in [0, 0.05) is 31.9 Å². The van der Waals surface area contributed by atoms with Gasteiger partial charge in [0.1, 0.15) is 28.1 Å². The number of fused-ring (bicyclic) bond motifs is 3. The lowest BCUT2D eigenvalue weighted by atomic mass is 10.1. The van der Waals surface area contributed by atoms with Gasteiger partial charge in [-0.25, -0.2) is 23.2 Å². The molecule has 3 aromatic rings. The van der Waals surface area contributed by atoms with E-state index in [9.17, 15) is 13.6 Å². The first-order valence-electron chi connectivity index (χ1n) is 11.5. The third-order valence-electron chi connectivity index (χ3n) is 5.88. The lowest BCUT2D eigenvalue weighted by molar-refractivity contribution is 0.0240. The fourth-order valence-corrected chi connectivity index (χ4v) is 4.34. The molecule has 3 heterocycles. The first-order valence-corrected chi connectivity index (χ1v) is 11.9. The van der Waals surface area contributed by atoms with Crippen LogP contribution in [-0.4, -0.2) is 58.4 Å². The maximum Gasteiger partial charge on any atom is 0.410 e. The molecule has 1 amide bonds. The van der Waals surface area contributed by atoms with E-state index in [2.05, 4.69) is 20.3 Å². The van der Waals surface area contributed by atoms with Crippen LogP contribution in [0.5, 0.6) is 0 Å². The second-order valence-electron chi connectivity index (χ2n) is 9.57. The molecule has 36 heavy (non-hydrogen) atoms. The van der Waals surface area contributed by atoms with Gasteiger partial charge in [0.25, 0.3) is 0 Å². The third-order valence-corrected chi connectivity index (χ3v) is 6.14.